The topological polar surface area (TPSA) is 105 Å². The second-order valence-corrected chi connectivity index (χ2v) is 6.86. The third-order valence-electron chi connectivity index (χ3n) is 4.41. The standard InChI is InChI=1S/C20H19FN4O4/c1-12(2)20(27)22-17-8-3-13(11-18(17)25(28)29)16-9-10-19(26)24(23-16)15-6-4-14(21)5-7-15/h3-8,11-12H,9-10H2,1-2H3,(H,22,27). The summed E-state index contributed by atoms with van der Waals surface area (Å²) in [4.78, 5) is 35.1. The van der Waals surface area contributed by atoms with Crippen LogP contribution in [0.3, 0.4) is 0 Å². The number of halogens is 1. The first-order chi connectivity index (χ1) is 13.8. The van der Waals surface area contributed by atoms with Crippen LogP contribution in [0.2, 0.25) is 0 Å². The molecule has 1 aliphatic heterocycles. The Morgan fingerprint density at radius 3 is 2.52 bits per heavy atom. The smallest absolute Gasteiger partial charge is 0.293 e. The molecule has 9 heteroatoms. The summed E-state index contributed by atoms with van der Waals surface area (Å²) in [7, 11) is 0. The lowest BCUT2D eigenvalue weighted by Gasteiger charge is -2.23. The summed E-state index contributed by atoms with van der Waals surface area (Å²) in [6.45, 7) is 3.38. The number of rotatable bonds is 5. The van der Waals surface area contributed by atoms with E-state index in [1.165, 1.54) is 41.4 Å². The van der Waals surface area contributed by atoms with Crippen molar-refractivity contribution in [2.45, 2.75) is 26.7 Å². The van der Waals surface area contributed by atoms with E-state index in [4.69, 9.17) is 0 Å². The van der Waals surface area contributed by atoms with Gasteiger partial charge in [0.1, 0.15) is 11.5 Å². The summed E-state index contributed by atoms with van der Waals surface area (Å²) in [5, 5.41) is 19.5. The van der Waals surface area contributed by atoms with Gasteiger partial charge in [0, 0.05) is 30.4 Å². The van der Waals surface area contributed by atoms with Crippen molar-refractivity contribution in [2.24, 2.45) is 11.0 Å². The fourth-order valence-electron chi connectivity index (χ4n) is 2.79. The van der Waals surface area contributed by atoms with Gasteiger partial charge in [0.2, 0.25) is 11.8 Å². The molecule has 2 aromatic carbocycles. The Morgan fingerprint density at radius 2 is 1.90 bits per heavy atom. The molecule has 0 atom stereocenters. The number of nitro benzene ring substituents is 1. The van der Waals surface area contributed by atoms with Crippen LogP contribution in [0, 0.1) is 21.8 Å². The van der Waals surface area contributed by atoms with Crippen molar-refractivity contribution < 1.29 is 18.9 Å². The average molecular weight is 398 g/mol. The molecule has 1 heterocycles. The van der Waals surface area contributed by atoms with Crippen LogP contribution in [-0.2, 0) is 9.59 Å². The molecule has 0 saturated heterocycles. The molecule has 8 nitrogen and oxygen atoms in total. The summed E-state index contributed by atoms with van der Waals surface area (Å²) in [5.74, 6) is -1.34. The number of hydrogen-bond acceptors (Lipinski definition) is 5. The zero-order valence-corrected chi connectivity index (χ0v) is 15.9. The first kappa shape index (κ1) is 20.1. The predicted octanol–water partition coefficient (Wildman–Crippen LogP) is 3.86. The Balaban J connectivity index is 1.96. The van der Waals surface area contributed by atoms with E-state index in [0.29, 0.717) is 23.4 Å². The number of carbonyl (C=O) groups excluding carboxylic acids is 2. The van der Waals surface area contributed by atoms with E-state index in [1.807, 2.05) is 0 Å². The molecule has 0 bridgehead atoms. The van der Waals surface area contributed by atoms with E-state index >= 15 is 0 Å². The number of hydrazone groups is 1. The highest BCUT2D eigenvalue weighted by atomic mass is 19.1. The molecule has 2 amide bonds. The lowest BCUT2D eigenvalue weighted by atomic mass is 10.0. The van der Waals surface area contributed by atoms with Gasteiger partial charge in [-0.3, -0.25) is 19.7 Å². The van der Waals surface area contributed by atoms with E-state index in [-0.39, 0.29) is 35.5 Å². The van der Waals surface area contributed by atoms with Crippen molar-refractivity contribution in [3.63, 3.8) is 0 Å². The molecule has 0 unspecified atom stereocenters. The number of carbonyl (C=O) groups is 2. The second kappa shape index (κ2) is 8.17. The van der Waals surface area contributed by atoms with Crippen LogP contribution < -0.4 is 10.3 Å². The maximum Gasteiger partial charge on any atom is 0.293 e. The maximum atomic E-state index is 13.2. The summed E-state index contributed by atoms with van der Waals surface area (Å²) < 4.78 is 13.2. The Bertz CT molecular complexity index is 1000. The fourth-order valence-corrected chi connectivity index (χ4v) is 2.79. The highest BCUT2D eigenvalue weighted by Crippen LogP contribution is 2.29. The van der Waals surface area contributed by atoms with Gasteiger partial charge in [0.05, 0.1) is 16.3 Å². The van der Waals surface area contributed by atoms with Gasteiger partial charge >= 0.3 is 0 Å². The summed E-state index contributed by atoms with van der Waals surface area (Å²) in [5.41, 5.74) is 1.20. The predicted molar refractivity (Wildman–Crippen MR) is 106 cm³/mol. The van der Waals surface area contributed by atoms with E-state index in [1.54, 1.807) is 19.9 Å². The fraction of sp³-hybridized carbons (Fsp3) is 0.250. The van der Waals surface area contributed by atoms with Gasteiger partial charge in [-0.05, 0) is 30.3 Å². The minimum Gasteiger partial charge on any atom is -0.320 e. The van der Waals surface area contributed by atoms with Crippen molar-refractivity contribution >= 4 is 34.6 Å². The van der Waals surface area contributed by atoms with Crippen LogP contribution >= 0.6 is 0 Å². The lowest BCUT2D eigenvalue weighted by molar-refractivity contribution is -0.383. The molecular formula is C20H19FN4O4. The third kappa shape index (κ3) is 4.45. The van der Waals surface area contributed by atoms with Gasteiger partial charge in [-0.2, -0.15) is 5.10 Å². The quantitative estimate of drug-likeness (QED) is 0.610. The van der Waals surface area contributed by atoms with E-state index in [2.05, 4.69) is 10.4 Å². The molecule has 150 valence electrons. The normalized spacial score (nSPS) is 14.0. The maximum absolute atomic E-state index is 13.2. The molecule has 0 aromatic heterocycles. The van der Waals surface area contributed by atoms with Crippen molar-refractivity contribution in [2.75, 3.05) is 10.3 Å². The number of amides is 2. The number of nitrogens with one attached hydrogen (secondary N) is 1. The first-order valence-corrected chi connectivity index (χ1v) is 9.02. The van der Waals surface area contributed by atoms with Crippen LogP contribution in [0.25, 0.3) is 0 Å². The van der Waals surface area contributed by atoms with Gasteiger partial charge in [-0.25, -0.2) is 9.40 Å². The van der Waals surface area contributed by atoms with Crippen LogP contribution in [0.1, 0.15) is 32.3 Å². The Hall–Kier alpha value is -3.62. The van der Waals surface area contributed by atoms with E-state index < -0.39 is 10.7 Å². The van der Waals surface area contributed by atoms with Gasteiger partial charge in [0.15, 0.2) is 0 Å². The number of nitrogens with zero attached hydrogens (tertiary/aromatic N) is 3. The number of benzene rings is 2. The molecule has 0 radical (unpaired) electrons. The van der Waals surface area contributed by atoms with Crippen molar-refractivity contribution in [1.29, 1.82) is 0 Å². The molecule has 0 aliphatic carbocycles. The number of nitro groups is 1. The van der Waals surface area contributed by atoms with Gasteiger partial charge < -0.3 is 5.32 Å². The average Bonchev–Trinajstić information content (AvgIpc) is 2.69. The molecule has 29 heavy (non-hydrogen) atoms. The largest absolute Gasteiger partial charge is 0.320 e. The van der Waals surface area contributed by atoms with Crippen molar-refractivity contribution in [1.82, 2.24) is 0 Å². The Morgan fingerprint density at radius 1 is 1.21 bits per heavy atom. The van der Waals surface area contributed by atoms with Gasteiger partial charge in [-0.1, -0.05) is 19.9 Å². The Labute approximate surface area is 166 Å². The monoisotopic (exact) mass is 398 g/mol. The lowest BCUT2D eigenvalue weighted by Crippen LogP contribution is -2.31. The highest BCUT2D eigenvalue weighted by Gasteiger charge is 2.25. The number of hydrogen-bond donors (Lipinski definition) is 1. The summed E-state index contributed by atoms with van der Waals surface area (Å²) in [6, 6.07) is 9.72. The summed E-state index contributed by atoms with van der Waals surface area (Å²) >= 11 is 0. The molecule has 2 aromatic rings. The van der Waals surface area contributed by atoms with Gasteiger partial charge in [0.25, 0.3) is 5.69 Å². The van der Waals surface area contributed by atoms with Crippen LogP contribution in [0.5, 0.6) is 0 Å². The zero-order chi connectivity index (χ0) is 21.1. The molecule has 3 rings (SSSR count). The molecule has 0 spiro atoms. The Kier molecular flexibility index (Phi) is 5.67. The minimum absolute atomic E-state index is 0.0975. The summed E-state index contributed by atoms with van der Waals surface area (Å²) in [6.07, 6.45) is 0.473. The second-order valence-electron chi connectivity index (χ2n) is 6.86. The highest BCUT2D eigenvalue weighted by molar-refractivity contribution is 6.09. The van der Waals surface area contributed by atoms with Crippen LogP contribution in [-0.4, -0.2) is 22.4 Å². The van der Waals surface area contributed by atoms with Gasteiger partial charge in [-0.15, -0.1) is 0 Å². The molecule has 1 N–H and O–H groups in total. The first-order valence-electron chi connectivity index (χ1n) is 9.02. The third-order valence-corrected chi connectivity index (χ3v) is 4.41. The van der Waals surface area contributed by atoms with Crippen molar-refractivity contribution in [3.05, 3.63) is 64.0 Å². The SMILES string of the molecule is CC(C)C(=O)Nc1ccc(C2=NN(c3ccc(F)cc3)C(=O)CC2)cc1[N+](=O)[O-]. The van der Waals surface area contributed by atoms with E-state index in [0.717, 1.165) is 0 Å². The van der Waals surface area contributed by atoms with Crippen LogP contribution in [0.4, 0.5) is 21.5 Å². The number of anilines is 2. The van der Waals surface area contributed by atoms with Crippen LogP contribution in [0.15, 0.2) is 47.6 Å². The molecule has 0 fully saturated rings. The minimum atomic E-state index is -0.578. The molecular weight excluding hydrogens is 379 g/mol. The zero-order valence-electron chi connectivity index (χ0n) is 15.9. The molecule has 1 aliphatic rings. The van der Waals surface area contributed by atoms with Crippen molar-refractivity contribution in [3.8, 4) is 0 Å². The molecule has 0 saturated carbocycles. The van der Waals surface area contributed by atoms with E-state index in [9.17, 15) is 24.1 Å².